The van der Waals surface area contributed by atoms with E-state index in [1.165, 1.54) is 0 Å². The Kier molecular flexibility index (Phi) is 2.94. The Morgan fingerprint density at radius 2 is 1.88 bits per heavy atom. The average Bonchev–Trinajstić information content (AvgIpc) is 2.29. The first-order valence-electron chi connectivity index (χ1n) is 5.02. The third kappa shape index (κ3) is 2.40. The van der Waals surface area contributed by atoms with Gasteiger partial charge in [0.05, 0.1) is 4.91 Å². The van der Waals surface area contributed by atoms with Gasteiger partial charge in [0.25, 0.3) is 0 Å². The highest BCUT2D eigenvalue weighted by Crippen LogP contribution is 2.29. The molecule has 16 heavy (non-hydrogen) atoms. The summed E-state index contributed by atoms with van der Waals surface area (Å²) in [5, 5.41) is 5.12. The van der Waals surface area contributed by atoms with E-state index in [0.717, 1.165) is 5.56 Å². The van der Waals surface area contributed by atoms with Gasteiger partial charge in [0, 0.05) is 5.92 Å². The molecular weight excluding hydrogens is 222 g/mol. The Bertz CT molecular complexity index is 529. The summed E-state index contributed by atoms with van der Waals surface area (Å²) in [6.07, 6.45) is 5.75. The number of hydrogen-bond acceptors (Lipinski definition) is 2. The molecule has 1 aliphatic carbocycles. The molecule has 0 saturated carbocycles. The van der Waals surface area contributed by atoms with Crippen LogP contribution in [0.25, 0.3) is 0 Å². The van der Waals surface area contributed by atoms with Crippen LogP contribution in [0.5, 0.6) is 0 Å². The summed E-state index contributed by atoms with van der Waals surface area (Å²) in [7, 11) is -3.56. The molecule has 0 saturated heterocycles. The highest BCUT2D eigenvalue weighted by atomic mass is 32.2. The molecule has 4 heteroatoms. The molecular formula is C12H13NO2S. The third-order valence-corrected chi connectivity index (χ3v) is 3.67. The zero-order valence-electron chi connectivity index (χ0n) is 8.71. The lowest BCUT2D eigenvalue weighted by Gasteiger charge is -2.17. The molecule has 0 heterocycles. The van der Waals surface area contributed by atoms with Gasteiger partial charge in [0.2, 0.25) is 10.0 Å². The lowest BCUT2D eigenvalue weighted by atomic mass is 9.93. The fourth-order valence-electron chi connectivity index (χ4n) is 1.79. The molecule has 1 unspecified atom stereocenters. The van der Waals surface area contributed by atoms with Crippen LogP contribution in [0.15, 0.2) is 53.5 Å². The fourth-order valence-corrected chi connectivity index (χ4v) is 2.47. The zero-order valence-corrected chi connectivity index (χ0v) is 9.52. The van der Waals surface area contributed by atoms with Gasteiger partial charge in [0.1, 0.15) is 0 Å². The van der Waals surface area contributed by atoms with Crippen LogP contribution in [-0.2, 0) is 10.0 Å². The maximum Gasteiger partial charge on any atom is 0.234 e. The Morgan fingerprint density at radius 1 is 1.19 bits per heavy atom. The second-order valence-electron chi connectivity index (χ2n) is 3.78. The SMILES string of the molecule is NS(=O)(=O)C1=CC=CC(c2ccccc2)C1. The van der Waals surface area contributed by atoms with E-state index in [9.17, 15) is 8.42 Å². The van der Waals surface area contributed by atoms with Crippen molar-refractivity contribution in [2.24, 2.45) is 5.14 Å². The van der Waals surface area contributed by atoms with Crippen molar-refractivity contribution >= 4 is 10.0 Å². The van der Waals surface area contributed by atoms with E-state index in [2.05, 4.69) is 0 Å². The molecule has 1 atom stereocenters. The van der Waals surface area contributed by atoms with Crippen LogP contribution in [0.4, 0.5) is 0 Å². The molecule has 0 amide bonds. The van der Waals surface area contributed by atoms with Crippen LogP contribution in [-0.4, -0.2) is 8.42 Å². The van der Waals surface area contributed by atoms with E-state index < -0.39 is 10.0 Å². The summed E-state index contributed by atoms with van der Waals surface area (Å²) < 4.78 is 22.5. The number of benzene rings is 1. The Morgan fingerprint density at radius 3 is 2.50 bits per heavy atom. The first kappa shape index (κ1) is 11.1. The second kappa shape index (κ2) is 4.23. The van der Waals surface area contributed by atoms with E-state index >= 15 is 0 Å². The molecule has 0 radical (unpaired) electrons. The minimum atomic E-state index is -3.56. The van der Waals surface area contributed by atoms with Crippen molar-refractivity contribution in [1.29, 1.82) is 0 Å². The summed E-state index contributed by atoms with van der Waals surface area (Å²) in [6, 6.07) is 9.80. The monoisotopic (exact) mass is 235 g/mol. The van der Waals surface area contributed by atoms with Gasteiger partial charge in [-0.15, -0.1) is 0 Å². The van der Waals surface area contributed by atoms with Crippen LogP contribution in [0.1, 0.15) is 17.9 Å². The number of rotatable bonds is 2. The maximum absolute atomic E-state index is 11.2. The van der Waals surface area contributed by atoms with Gasteiger partial charge in [-0.05, 0) is 18.1 Å². The lowest BCUT2D eigenvalue weighted by Crippen LogP contribution is -2.17. The Hall–Kier alpha value is -1.39. The van der Waals surface area contributed by atoms with Crippen LogP contribution in [0.3, 0.4) is 0 Å². The van der Waals surface area contributed by atoms with Crippen molar-refractivity contribution in [1.82, 2.24) is 0 Å². The smallest absolute Gasteiger partial charge is 0.225 e. The molecule has 0 bridgehead atoms. The molecule has 84 valence electrons. The molecule has 1 aromatic rings. The van der Waals surface area contributed by atoms with Gasteiger partial charge in [-0.2, -0.15) is 0 Å². The fraction of sp³-hybridized carbons (Fsp3) is 0.167. The average molecular weight is 235 g/mol. The Balaban J connectivity index is 2.26. The first-order valence-corrected chi connectivity index (χ1v) is 6.57. The van der Waals surface area contributed by atoms with E-state index in [-0.39, 0.29) is 5.92 Å². The maximum atomic E-state index is 11.2. The van der Waals surface area contributed by atoms with Crippen LogP contribution < -0.4 is 5.14 Å². The first-order chi connectivity index (χ1) is 7.57. The topological polar surface area (TPSA) is 60.2 Å². The molecule has 1 aliphatic rings. The summed E-state index contributed by atoms with van der Waals surface area (Å²) in [6.45, 7) is 0. The minimum Gasteiger partial charge on any atom is -0.225 e. The molecule has 0 aliphatic heterocycles. The molecule has 0 spiro atoms. The second-order valence-corrected chi connectivity index (χ2v) is 5.40. The highest BCUT2D eigenvalue weighted by molar-refractivity contribution is 7.93. The standard InChI is InChI=1S/C12H13NO2S/c13-16(14,15)12-8-4-7-11(9-12)10-5-2-1-3-6-10/h1-8,11H,9H2,(H2,13,14,15). The summed E-state index contributed by atoms with van der Waals surface area (Å²) in [5.74, 6) is 0.0968. The molecule has 1 aromatic carbocycles. The number of allylic oxidation sites excluding steroid dienone is 4. The molecule has 0 fully saturated rings. The van der Waals surface area contributed by atoms with Crippen LogP contribution >= 0.6 is 0 Å². The van der Waals surface area contributed by atoms with E-state index in [4.69, 9.17) is 5.14 Å². The third-order valence-electron chi connectivity index (χ3n) is 2.64. The van der Waals surface area contributed by atoms with Gasteiger partial charge in [0.15, 0.2) is 0 Å². The number of nitrogens with two attached hydrogens (primary N) is 1. The highest BCUT2D eigenvalue weighted by Gasteiger charge is 2.19. The van der Waals surface area contributed by atoms with Gasteiger partial charge in [-0.1, -0.05) is 42.5 Å². The van der Waals surface area contributed by atoms with E-state index in [0.29, 0.717) is 11.3 Å². The number of primary sulfonamides is 1. The van der Waals surface area contributed by atoms with Crippen LogP contribution in [0, 0.1) is 0 Å². The van der Waals surface area contributed by atoms with E-state index in [1.807, 2.05) is 36.4 Å². The van der Waals surface area contributed by atoms with Gasteiger partial charge in [-0.25, -0.2) is 13.6 Å². The molecule has 2 N–H and O–H groups in total. The van der Waals surface area contributed by atoms with Crippen molar-refractivity contribution in [3.63, 3.8) is 0 Å². The van der Waals surface area contributed by atoms with Crippen molar-refractivity contribution < 1.29 is 8.42 Å². The predicted octanol–water partition coefficient (Wildman–Crippen LogP) is 1.90. The molecule has 3 nitrogen and oxygen atoms in total. The van der Waals surface area contributed by atoms with Crippen molar-refractivity contribution in [3.8, 4) is 0 Å². The summed E-state index contributed by atoms with van der Waals surface area (Å²) in [4.78, 5) is 0.295. The minimum absolute atomic E-state index is 0.0968. The van der Waals surface area contributed by atoms with Crippen LogP contribution in [0.2, 0.25) is 0 Å². The quantitative estimate of drug-likeness (QED) is 0.851. The summed E-state index contributed by atoms with van der Waals surface area (Å²) >= 11 is 0. The lowest BCUT2D eigenvalue weighted by molar-refractivity contribution is 0.600. The van der Waals surface area contributed by atoms with Crippen molar-refractivity contribution in [3.05, 3.63) is 59.0 Å². The predicted molar refractivity (Wildman–Crippen MR) is 64.1 cm³/mol. The van der Waals surface area contributed by atoms with Crippen molar-refractivity contribution in [2.45, 2.75) is 12.3 Å². The Labute approximate surface area is 95.3 Å². The normalized spacial score (nSPS) is 20.6. The van der Waals surface area contributed by atoms with E-state index in [1.54, 1.807) is 12.2 Å². The largest absolute Gasteiger partial charge is 0.234 e. The molecule has 2 rings (SSSR count). The number of sulfonamides is 1. The zero-order chi connectivity index (χ0) is 11.6. The van der Waals surface area contributed by atoms with Gasteiger partial charge < -0.3 is 0 Å². The van der Waals surface area contributed by atoms with Crippen molar-refractivity contribution in [2.75, 3.05) is 0 Å². The van der Waals surface area contributed by atoms with Gasteiger partial charge in [-0.3, -0.25) is 0 Å². The summed E-state index contributed by atoms with van der Waals surface area (Å²) in [5.41, 5.74) is 1.10. The molecule has 0 aromatic heterocycles. The van der Waals surface area contributed by atoms with Gasteiger partial charge >= 0.3 is 0 Å². The number of hydrogen-bond donors (Lipinski definition) is 1.